The van der Waals surface area contributed by atoms with Crippen molar-refractivity contribution in [2.45, 2.75) is 32.7 Å². The Morgan fingerprint density at radius 3 is 2.43 bits per heavy atom. The van der Waals surface area contributed by atoms with Crippen molar-refractivity contribution in [2.75, 3.05) is 23.3 Å². The van der Waals surface area contributed by atoms with Gasteiger partial charge in [0.1, 0.15) is 11.6 Å². The molecule has 23 heavy (non-hydrogen) atoms. The first-order valence-corrected chi connectivity index (χ1v) is 7.98. The Kier molecular flexibility index (Phi) is 4.42. The van der Waals surface area contributed by atoms with Crippen LogP contribution in [0, 0.1) is 25.2 Å². The molecule has 1 aromatic carbocycles. The summed E-state index contributed by atoms with van der Waals surface area (Å²) in [7, 11) is 0. The smallest absolute Gasteiger partial charge is 0.132 e. The second kappa shape index (κ2) is 6.66. The minimum atomic E-state index is 0.461. The largest absolute Gasteiger partial charge is 0.382 e. The third kappa shape index (κ3) is 3.78. The summed E-state index contributed by atoms with van der Waals surface area (Å²) in [6.45, 7) is 5.93. The number of benzene rings is 1. The average Bonchev–Trinajstić information content (AvgIpc) is 2.55. The number of anilines is 2. The van der Waals surface area contributed by atoms with Crippen LogP contribution in [-0.2, 0) is 0 Å². The Hall–Kier alpha value is -2.61. The first kappa shape index (κ1) is 15.3. The van der Waals surface area contributed by atoms with Crippen LogP contribution in [0.15, 0.2) is 30.3 Å². The number of nitriles is 1. The van der Waals surface area contributed by atoms with Gasteiger partial charge in [-0.25, -0.2) is 9.97 Å². The van der Waals surface area contributed by atoms with Crippen LogP contribution < -0.4 is 10.2 Å². The van der Waals surface area contributed by atoms with Gasteiger partial charge in [0.15, 0.2) is 0 Å². The number of rotatable bonds is 3. The van der Waals surface area contributed by atoms with Crippen LogP contribution in [-0.4, -0.2) is 29.1 Å². The van der Waals surface area contributed by atoms with Gasteiger partial charge in [0.05, 0.1) is 11.6 Å². The summed E-state index contributed by atoms with van der Waals surface area (Å²) in [6.07, 6.45) is 2.14. The minimum Gasteiger partial charge on any atom is -0.382 e. The molecule has 0 bridgehead atoms. The van der Waals surface area contributed by atoms with E-state index in [1.807, 2.05) is 38.1 Å². The van der Waals surface area contributed by atoms with E-state index in [4.69, 9.17) is 5.26 Å². The predicted molar refractivity (Wildman–Crippen MR) is 91.5 cm³/mol. The molecule has 0 saturated carbocycles. The molecular weight excluding hydrogens is 286 g/mol. The van der Waals surface area contributed by atoms with Gasteiger partial charge in [-0.05, 0) is 51.0 Å². The number of hydrogen-bond donors (Lipinski definition) is 1. The van der Waals surface area contributed by atoms with Crippen LogP contribution in [0.2, 0.25) is 0 Å². The van der Waals surface area contributed by atoms with Crippen LogP contribution in [0.4, 0.5) is 11.5 Å². The van der Waals surface area contributed by atoms with Crippen LogP contribution >= 0.6 is 0 Å². The molecule has 1 aliphatic heterocycles. The van der Waals surface area contributed by atoms with Gasteiger partial charge in [-0.1, -0.05) is 0 Å². The predicted octanol–water partition coefficient (Wildman–Crippen LogP) is 3.05. The fraction of sp³-hybridized carbons (Fsp3) is 0.389. The van der Waals surface area contributed by atoms with Crippen molar-refractivity contribution in [1.29, 1.82) is 5.26 Å². The lowest BCUT2D eigenvalue weighted by Gasteiger charge is -2.33. The van der Waals surface area contributed by atoms with Crippen molar-refractivity contribution in [3.63, 3.8) is 0 Å². The molecule has 0 radical (unpaired) electrons. The van der Waals surface area contributed by atoms with E-state index in [1.165, 1.54) is 0 Å². The van der Waals surface area contributed by atoms with E-state index in [-0.39, 0.29) is 0 Å². The molecule has 0 atom stereocenters. The van der Waals surface area contributed by atoms with Gasteiger partial charge in [0, 0.05) is 36.6 Å². The molecule has 1 aliphatic rings. The normalized spacial score (nSPS) is 15.3. The molecule has 1 aromatic heterocycles. The van der Waals surface area contributed by atoms with Crippen molar-refractivity contribution < 1.29 is 0 Å². The Balaban J connectivity index is 1.58. The topological polar surface area (TPSA) is 64.8 Å². The molecule has 0 amide bonds. The van der Waals surface area contributed by atoms with Gasteiger partial charge >= 0.3 is 0 Å². The molecule has 0 unspecified atom stereocenters. The van der Waals surface area contributed by atoms with Crippen molar-refractivity contribution in [3.05, 3.63) is 47.4 Å². The molecule has 1 N–H and O–H groups in total. The molecule has 1 fully saturated rings. The monoisotopic (exact) mass is 307 g/mol. The second-order valence-electron chi connectivity index (χ2n) is 6.01. The van der Waals surface area contributed by atoms with Gasteiger partial charge in [-0.2, -0.15) is 5.26 Å². The van der Waals surface area contributed by atoms with Crippen molar-refractivity contribution in [1.82, 2.24) is 9.97 Å². The van der Waals surface area contributed by atoms with E-state index < -0.39 is 0 Å². The Morgan fingerprint density at radius 2 is 1.83 bits per heavy atom. The third-order valence-electron chi connectivity index (χ3n) is 4.16. The number of piperidine rings is 1. The van der Waals surface area contributed by atoms with Crippen LogP contribution in [0.1, 0.15) is 29.9 Å². The van der Waals surface area contributed by atoms with Crippen molar-refractivity contribution in [3.8, 4) is 6.07 Å². The van der Waals surface area contributed by atoms with Crippen LogP contribution in [0.5, 0.6) is 0 Å². The molecular formula is C18H21N5. The molecule has 0 spiro atoms. The number of nitrogens with zero attached hydrogens (tertiary/aromatic N) is 4. The molecule has 118 valence electrons. The molecule has 0 aliphatic carbocycles. The molecule has 2 aromatic rings. The quantitative estimate of drug-likeness (QED) is 0.944. The summed E-state index contributed by atoms with van der Waals surface area (Å²) in [5, 5.41) is 12.4. The lowest BCUT2D eigenvalue weighted by molar-refractivity contribution is 0.523. The van der Waals surface area contributed by atoms with Crippen molar-refractivity contribution >= 4 is 11.5 Å². The highest BCUT2D eigenvalue weighted by Gasteiger charge is 2.20. The van der Waals surface area contributed by atoms with E-state index >= 15 is 0 Å². The summed E-state index contributed by atoms with van der Waals surface area (Å²) in [6, 6.07) is 12.3. The van der Waals surface area contributed by atoms with Crippen molar-refractivity contribution in [2.24, 2.45) is 0 Å². The molecule has 5 nitrogen and oxygen atoms in total. The lowest BCUT2D eigenvalue weighted by Crippen LogP contribution is -2.39. The van der Waals surface area contributed by atoms with Gasteiger partial charge in [0.25, 0.3) is 0 Å². The summed E-state index contributed by atoms with van der Waals surface area (Å²) >= 11 is 0. The van der Waals surface area contributed by atoms with Crippen LogP contribution in [0.25, 0.3) is 0 Å². The van der Waals surface area contributed by atoms with Gasteiger partial charge in [-0.15, -0.1) is 0 Å². The summed E-state index contributed by atoms with van der Waals surface area (Å²) in [5.41, 5.74) is 2.79. The first-order chi connectivity index (χ1) is 11.1. The number of nitrogens with one attached hydrogen (secondary N) is 1. The highest BCUT2D eigenvalue weighted by molar-refractivity contribution is 5.48. The number of hydrogen-bond acceptors (Lipinski definition) is 5. The Morgan fingerprint density at radius 1 is 1.13 bits per heavy atom. The Bertz CT molecular complexity index is 689. The zero-order valence-electron chi connectivity index (χ0n) is 13.6. The SMILES string of the molecule is Cc1cc(N2CCC(Nc3ccc(C#N)cc3)CC2)nc(C)n1. The fourth-order valence-electron chi connectivity index (χ4n) is 2.99. The summed E-state index contributed by atoms with van der Waals surface area (Å²) in [5.74, 6) is 1.87. The molecule has 3 rings (SSSR count). The maximum absolute atomic E-state index is 8.84. The summed E-state index contributed by atoms with van der Waals surface area (Å²) in [4.78, 5) is 11.2. The average molecular weight is 307 g/mol. The zero-order valence-corrected chi connectivity index (χ0v) is 13.6. The first-order valence-electron chi connectivity index (χ1n) is 7.98. The van der Waals surface area contributed by atoms with E-state index in [1.54, 1.807) is 0 Å². The van der Waals surface area contributed by atoms with Gasteiger partial charge in [0.2, 0.25) is 0 Å². The standard InChI is InChI=1S/C18H21N5/c1-13-11-18(21-14(2)20-13)23-9-7-17(8-10-23)22-16-5-3-15(12-19)4-6-16/h3-6,11,17,22H,7-10H2,1-2H3. The number of aromatic nitrogens is 2. The Labute approximate surface area is 137 Å². The van der Waals surface area contributed by atoms with Crippen LogP contribution in [0.3, 0.4) is 0 Å². The fourth-order valence-corrected chi connectivity index (χ4v) is 2.99. The third-order valence-corrected chi connectivity index (χ3v) is 4.16. The van der Waals surface area contributed by atoms with E-state index in [0.717, 1.165) is 49.0 Å². The summed E-state index contributed by atoms with van der Waals surface area (Å²) < 4.78 is 0. The highest BCUT2D eigenvalue weighted by atomic mass is 15.2. The molecule has 1 saturated heterocycles. The highest BCUT2D eigenvalue weighted by Crippen LogP contribution is 2.21. The second-order valence-corrected chi connectivity index (χ2v) is 6.01. The van der Waals surface area contributed by atoms with Gasteiger partial charge < -0.3 is 10.2 Å². The molecule has 2 heterocycles. The maximum Gasteiger partial charge on any atom is 0.132 e. The lowest BCUT2D eigenvalue weighted by atomic mass is 10.0. The van der Waals surface area contributed by atoms with E-state index in [0.29, 0.717) is 11.6 Å². The van der Waals surface area contributed by atoms with Gasteiger partial charge in [-0.3, -0.25) is 0 Å². The van der Waals surface area contributed by atoms with E-state index in [2.05, 4.69) is 32.3 Å². The minimum absolute atomic E-state index is 0.461. The van der Waals surface area contributed by atoms with E-state index in [9.17, 15) is 0 Å². The zero-order chi connectivity index (χ0) is 16.2. The molecule has 5 heteroatoms. The number of aryl methyl sites for hydroxylation is 2. The maximum atomic E-state index is 8.84.